The van der Waals surface area contributed by atoms with Crippen molar-refractivity contribution in [3.63, 3.8) is 0 Å². The maximum absolute atomic E-state index is 3.29. The third-order valence-corrected chi connectivity index (χ3v) is 3.26. The Morgan fingerprint density at radius 1 is 1.10 bits per heavy atom. The smallest absolute Gasteiger partial charge is 1.00 e. The molecule has 0 saturated heterocycles. The zero-order valence-corrected chi connectivity index (χ0v) is 17.8. The summed E-state index contributed by atoms with van der Waals surface area (Å²) in [5, 5.41) is 0. The molecule has 116 valence electrons. The molecule has 1 atom stereocenters. The fourth-order valence-corrected chi connectivity index (χ4v) is 1.94. The SMILES string of the molecule is CC1=CC(C(C)C)[C-]=C1.Cc1c[cH-]c(C(C)C)c1.[Cl-].[Cl-].[Zr+4]. The summed E-state index contributed by atoms with van der Waals surface area (Å²) >= 11 is 0. The van der Waals surface area contributed by atoms with Crippen LogP contribution in [0.5, 0.6) is 0 Å². The number of hydrogen-bond acceptors (Lipinski definition) is 0. The zero-order chi connectivity index (χ0) is 13.7. The molecule has 3 heteroatoms. The molecule has 1 aliphatic carbocycles. The van der Waals surface area contributed by atoms with Crippen LogP contribution in [0.2, 0.25) is 0 Å². The second-order valence-corrected chi connectivity index (χ2v) is 5.87. The Labute approximate surface area is 162 Å². The molecule has 0 aromatic heterocycles. The van der Waals surface area contributed by atoms with Crippen LogP contribution in [0.3, 0.4) is 0 Å². The average Bonchev–Trinajstić information content (AvgIpc) is 2.88. The van der Waals surface area contributed by atoms with Gasteiger partial charge in [-0.05, 0) is 5.92 Å². The van der Waals surface area contributed by atoms with E-state index >= 15 is 0 Å². The topological polar surface area (TPSA) is 0 Å². The first kappa shape index (κ1) is 26.2. The Balaban J connectivity index is -0.000000270. The summed E-state index contributed by atoms with van der Waals surface area (Å²) in [6.07, 6.45) is 7.63. The van der Waals surface area contributed by atoms with Crippen LogP contribution in [-0.2, 0) is 26.2 Å². The van der Waals surface area contributed by atoms with Crippen LogP contribution in [0.25, 0.3) is 0 Å². The molecule has 1 unspecified atom stereocenters. The molecule has 0 radical (unpaired) electrons. The van der Waals surface area contributed by atoms with Crippen molar-refractivity contribution in [3.05, 3.63) is 53.1 Å². The van der Waals surface area contributed by atoms with Crippen molar-refractivity contribution >= 4 is 0 Å². The Morgan fingerprint density at radius 3 is 1.86 bits per heavy atom. The molecule has 0 amide bonds. The Morgan fingerprint density at radius 2 is 1.67 bits per heavy atom. The van der Waals surface area contributed by atoms with Crippen molar-refractivity contribution in [2.45, 2.75) is 47.5 Å². The van der Waals surface area contributed by atoms with E-state index in [1.807, 2.05) is 0 Å². The Bertz CT molecular complexity index is 428. The predicted molar refractivity (Wildman–Crippen MR) is 80.8 cm³/mol. The quantitative estimate of drug-likeness (QED) is 0.579. The molecule has 1 aliphatic rings. The van der Waals surface area contributed by atoms with Gasteiger partial charge in [0.15, 0.2) is 0 Å². The van der Waals surface area contributed by atoms with Gasteiger partial charge in [-0.3, -0.25) is 6.08 Å². The fourth-order valence-electron chi connectivity index (χ4n) is 1.94. The van der Waals surface area contributed by atoms with Gasteiger partial charge >= 0.3 is 26.2 Å². The summed E-state index contributed by atoms with van der Waals surface area (Å²) in [6.45, 7) is 13.1. The Kier molecular flexibility index (Phi) is 16.0. The zero-order valence-electron chi connectivity index (χ0n) is 13.9. The van der Waals surface area contributed by atoms with E-state index in [9.17, 15) is 0 Å². The van der Waals surface area contributed by atoms with Crippen molar-refractivity contribution in [3.8, 4) is 0 Å². The van der Waals surface area contributed by atoms with Crippen LogP contribution < -0.4 is 24.8 Å². The minimum atomic E-state index is 0. The molecule has 0 bridgehead atoms. The van der Waals surface area contributed by atoms with Crippen molar-refractivity contribution in [2.75, 3.05) is 0 Å². The molecule has 21 heavy (non-hydrogen) atoms. The van der Waals surface area contributed by atoms with E-state index in [0.29, 0.717) is 17.8 Å². The summed E-state index contributed by atoms with van der Waals surface area (Å²) in [5.74, 6) is 1.96. The largest absolute Gasteiger partial charge is 4.00 e. The summed E-state index contributed by atoms with van der Waals surface area (Å²) < 4.78 is 0. The number of halogens is 2. The van der Waals surface area contributed by atoms with Crippen LogP contribution >= 0.6 is 0 Å². The van der Waals surface area contributed by atoms with Gasteiger partial charge < -0.3 is 24.8 Å². The minimum absolute atomic E-state index is 0. The summed E-state index contributed by atoms with van der Waals surface area (Å²) in [5.41, 5.74) is 4.18. The van der Waals surface area contributed by atoms with Crippen LogP contribution in [-0.4, -0.2) is 0 Å². The second kappa shape index (κ2) is 12.8. The molecule has 0 heterocycles. The van der Waals surface area contributed by atoms with Crippen LogP contribution in [0, 0.1) is 24.8 Å². The van der Waals surface area contributed by atoms with E-state index in [2.05, 4.69) is 78.0 Å². The molecule has 0 spiro atoms. The van der Waals surface area contributed by atoms with Crippen LogP contribution in [0.4, 0.5) is 0 Å². The minimum Gasteiger partial charge on any atom is -1.00 e. The van der Waals surface area contributed by atoms with Gasteiger partial charge in [-0.15, -0.1) is 6.92 Å². The fraction of sp³-hybridized carbons (Fsp3) is 0.500. The summed E-state index contributed by atoms with van der Waals surface area (Å²) in [4.78, 5) is 0. The number of aryl methyl sites for hydroxylation is 1. The number of allylic oxidation sites excluding steroid dienone is 4. The van der Waals surface area contributed by atoms with Crippen molar-refractivity contribution in [1.29, 1.82) is 0 Å². The van der Waals surface area contributed by atoms with Gasteiger partial charge in [-0.25, -0.2) is 23.3 Å². The van der Waals surface area contributed by atoms with E-state index in [4.69, 9.17) is 0 Å². The molecule has 0 nitrogen and oxygen atoms in total. The predicted octanol–water partition coefficient (Wildman–Crippen LogP) is -0.579. The van der Waals surface area contributed by atoms with Crippen molar-refractivity contribution in [1.82, 2.24) is 0 Å². The Hall–Kier alpha value is 0.293. The van der Waals surface area contributed by atoms with E-state index in [1.54, 1.807) is 0 Å². The third-order valence-electron chi connectivity index (χ3n) is 3.26. The molecule has 1 aromatic rings. The molecule has 1 aromatic carbocycles. The summed E-state index contributed by atoms with van der Waals surface area (Å²) in [7, 11) is 0. The molecule has 2 rings (SSSR count). The molecule has 0 fully saturated rings. The maximum atomic E-state index is 3.29. The second-order valence-electron chi connectivity index (χ2n) is 5.87. The molecule has 0 N–H and O–H groups in total. The molecule has 0 saturated carbocycles. The molecule has 0 aliphatic heterocycles. The van der Waals surface area contributed by atoms with Crippen molar-refractivity contribution in [2.24, 2.45) is 11.8 Å². The van der Waals surface area contributed by atoms with E-state index < -0.39 is 0 Å². The maximum Gasteiger partial charge on any atom is 4.00 e. The van der Waals surface area contributed by atoms with Crippen LogP contribution in [0.1, 0.15) is 51.7 Å². The van der Waals surface area contributed by atoms with Gasteiger partial charge in [0.25, 0.3) is 0 Å². The van der Waals surface area contributed by atoms with Gasteiger partial charge in [0.05, 0.1) is 0 Å². The van der Waals surface area contributed by atoms with Crippen molar-refractivity contribution < 1.29 is 51.0 Å². The van der Waals surface area contributed by atoms with Crippen LogP contribution in [0.15, 0.2) is 35.9 Å². The standard InChI is InChI=1S/2C9H13.2ClH.Zr/c2*1-7(2)9-5-4-8(3)6-9;;;/h4,6-7,9H,1-3H3;4-7H,1-3H3;2*1H;/q2*-1;;;+4/p-2. The first-order valence-electron chi connectivity index (χ1n) is 6.91. The van der Waals surface area contributed by atoms with Gasteiger partial charge in [-0.1, -0.05) is 46.5 Å². The van der Waals surface area contributed by atoms with E-state index in [0.717, 1.165) is 0 Å². The van der Waals surface area contributed by atoms with Gasteiger partial charge in [0, 0.05) is 0 Å². The van der Waals surface area contributed by atoms with Gasteiger partial charge in [-0.2, -0.15) is 23.8 Å². The third kappa shape index (κ3) is 9.82. The average molecular weight is 405 g/mol. The van der Waals surface area contributed by atoms with Gasteiger partial charge in [0.2, 0.25) is 0 Å². The normalized spacial score (nSPS) is 15.4. The monoisotopic (exact) mass is 402 g/mol. The van der Waals surface area contributed by atoms with E-state index in [1.165, 1.54) is 16.7 Å². The summed E-state index contributed by atoms with van der Waals surface area (Å²) in [6, 6.07) is 6.60. The van der Waals surface area contributed by atoms with E-state index in [-0.39, 0.29) is 51.0 Å². The molecular weight excluding hydrogens is 378 g/mol. The first-order valence-corrected chi connectivity index (χ1v) is 6.91. The van der Waals surface area contributed by atoms with Gasteiger partial charge in [0.1, 0.15) is 0 Å². The number of rotatable bonds is 2. The first-order chi connectivity index (χ1) is 8.40. The number of hydrogen-bond donors (Lipinski definition) is 0. The molecular formula is C18H26Cl2Zr.